The third-order valence-electron chi connectivity index (χ3n) is 3.57. The molecule has 0 unspecified atom stereocenters. The maximum atomic E-state index is 11.8. The average molecular weight is 247 g/mol. The average Bonchev–Trinajstić information content (AvgIpc) is 2.38. The van der Waals surface area contributed by atoms with Gasteiger partial charge in [0.1, 0.15) is 0 Å². The number of carbonyl (C=O) groups is 1. The quantitative estimate of drug-likeness (QED) is 0.828. The molecule has 18 heavy (non-hydrogen) atoms. The van der Waals surface area contributed by atoms with Gasteiger partial charge in [-0.3, -0.25) is 4.79 Å². The molecule has 0 spiro atoms. The third kappa shape index (κ3) is 4.15. The van der Waals surface area contributed by atoms with E-state index in [9.17, 15) is 4.79 Å². The van der Waals surface area contributed by atoms with E-state index >= 15 is 0 Å². The van der Waals surface area contributed by atoms with Gasteiger partial charge in [0.2, 0.25) is 5.91 Å². The van der Waals surface area contributed by atoms with Gasteiger partial charge in [-0.25, -0.2) is 0 Å². The largest absolute Gasteiger partial charge is 0.335 e. The lowest BCUT2D eigenvalue weighted by Gasteiger charge is -2.23. The first-order valence-corrected chi connectivity index (χ1v) is 6.94. The van der Waals surface area contributed by atoms with Crippen molar-refractivity contribution >= 4 is 11.6 Å². The Morgan fingerprint density at radius 1 is 1.28 bits per heavy atom. The molecule has 0 radical (unpaired) electrons. The summed E-state index contributed by atoms with van der Waals surface area (Å²) in [7, 11) is 0. The molecule has 0 aromatic heterocycles. The number of quaternary nitrogens is 1. The molecular weight excluding hydrogens is 224 g/mol. The van der Waals surface area contributed by atoms with Crippen LogP contribution in [0.5, 0.6) is 0 Å². The van der Waals surface area contributed by atoms with Crippen LogP contribution >= 0.6 is 0 Å². The first-order valence-electron chi connectivity index (χ1n) is 6.94. The number of anilines is 1. The number of carbonyl (C=O) groups excluding carboxylic acids is 1. The highest BCUT2D eigenvalue weighted by Gasteiger charge is 2.14. The zero-order chi connectivity index (χ0) is 12.8. The van der Waals surface area contributed by atoms with E-state index in [-0.39, 0.29) is 5.91 Å². The van der Waals surface area contributed by atoms with Crippen LogP contribution in [0.2, 0.25) is 0 Å². The second-order valence-corrected chi connectivity index (χ2v) is 5.23. The van der Waals surface area contributed by atoms with Crippen molar-refractivity contribution in [3.8, 4) is 0 Å². The fraction of sp³-hybridized carbons (Fsp3) is 0.533. The normalized spacial score (nSPS) is 16.5. The minimum atomic E-state index is 0.138. The molecule has 1 aromatic carbocycles. The highest BCUT2D eigenvalue weighted by atomic mass is 16.1. The van der Waals surface area contributed by atoms with Crippen LogP contribution in [-0.4, -0.2) is 25.5 Å². The van der Waals surface area contributed by atoms with Gasteiger partial charge in [-0.15, -0.1) is 0 Å². The number of hydrogen-bond acceptors (Lipinski definition) is 1. The van der Waals surface area contributed by atoms with Crippen molar-refractivity contribution in [1.82, 2.24) is 0 Å². The molecule has 1 heterocycles. The Morgan fingerprint density at radius 3 is 2.78 bits per heavy atom. The molecule has 1 saturated heterocycles. The van der Waals surface area contributed by atoms with Crippen molar-refractivity contribution in [2.45, 2.75) is 32.6 Å². The Morgan fingerprint density at radius 2 is 2.06 bits per heavy atom. The monoisotopic (exact) mass is 247 g/mol. The van der Waals surface area contributed by atoms with Gasteiger partial charge < -0.3 is 10.2 Å². The lowest BCUT2D eigenvalue weighted by Crippen LogP contribution is -3.12. The number of amides is 1. The molecule has 0 saturated carbocycles. The SMILES string of the molecule is Cc1cccc(NC(=O)CC[NH+]2CCCCC2)c1. The number of nitrogens with one attached hydrogen (secondary N) is 2. The second-order valence-electron chi connectivity index (χ2n) is 5.23. The molecule has 1 aliphatic rings. The predicted molar refractivity (Wildman–Crippen MR) is 73.8 cm³/mol. The van der Waals surface area contributed by atoms with Crippen molar-refractivity contribution in [2.75, 3.05) is 25.0 Å². The Balaban J connectivity index is 1.74. The van der Waals surface area contributed by atoms with E-state index in [0.29, 0.717) is 6.42 Å². The Hall–Kier alpha value is -1.35. The van der Waals surface area contributed by atoms with Gasteiger partial charge in [-0.05, 0) is 43.9 Å². The van der Waals surface area contributed by atoms with Crippen LogP contribution in [0, 0.1) is 6.92 Å². The molecule has 3 heteroatoms. The molecule has 0 atom stereocenters. The van der Waals surface area contributed by atoms with Gasteiger partial charge in [0.05, 0.1) is 26.1 Å². The summed E-state index contributed by atoms with van der Waals surface area (Å²) < 4.78 is 0. The van der Waals surface area contributed by atoms with E-state index in [0.717, 1.165) is 12.2 Å². The van der Waals surface area contributed by atoms with Crippen LogP contribution in [0.3, 0.4) is 0 Å². The van der Waals surface area contributed by atoms with E-state index in [4.69, 9.17) is 0 Å². The van der Waals surface area contributed by atoms with Gasteiger partial charge in [-0.2, -0.15) is 0 Å². The summed E-state index contributed by atoms with van der Waals surface area (Å²) in [5.41, 5.74) is 2.09. The Bertz CT molecular complexity index is 397. The zero-order valence-electron chi connectivity index (χ0n) is 11.2. The van der Waals surface area contributed by atoms with Crippen molar-refractivity contribution in [1.29, 1.82) is 0 Å². The minimum absolute atomic E-state index is 0.138. The first kappa shape index (κ1) is 13.1. The van der Waals surface area contributed by atoms with Crippen molar-refractivity contribution in [3.63, 3.8) is 0 Å². The highest BCUT2D eigenvalue weighted by Crippen LogP contribution is 2.09. The summed E-state index contributed by atoms with van der Waals surface area (Å²) in [6.45, 7) is 5.47. The Labute approximate surface area is 109 Å². The van der Waals surface area contributed by atoms with E-state index < -0.39 is 0 Å². The molecule has 1 amide bonds. The third-order valence-corrected chi connectivity index (χ3v) is 3.57. The number of aryl methyl sites for hydroxylation is 1. The fourth-order valence-electron chi connectivity index (χ4n) is 2.54. The molecule has 3 nitrogen and oxygen atoms in total. The number of likely N-dealkylation sites (tertiary alicyclic amines) is 1. The molecule has 1 fully saturated rings. The first-order chi connectivity index (χ1) is 8.74. The summed E-state index contributed by atoms with van der Waals surface area (Å²) >= 11 is 0. The van der Waals surface area contributed by atoms with E-state index in [1.165, 1.54) is 37.9 Å². The topological polar surface area (TPSA) is 33.5 Å². The lowest BCUT2D eigenvalue weighted by molar-refractivity contribution is -0.904. The Kier molecular flexibility index (Phi) is 4.76. The standard InChI is InChI=1S/C15H22N2O/c1-13-6-5-7-14(12-13)16-15(18)8-11-17-9-3-2-4-10-17/h5-7,12H,2-4,8-11H2,1H3,(H,16,18)/p+1. The molecule has 1 aromatic rings. The van der Waals surface area contributed by atoms with Gasteiger partial charge >= 0.3 is 0 Å². The molecule has 0 aliphatic carbocycles. The van der Waals surface area contributed by atoms with Crippen LogP contribution in [0.4, 0.5) is 5.69 Å². The highest BCUT2D eigenvalue weighted by molar-refractivity contribution is 5.90. The lowest BCUT2D eigenvalue weighted by atomic mass is 10.1. The maximum Gasteiger partial charge on any atom is 0.230 e. The van der Waals surface area contributed by atoms with Crippen LogP contribution in [-0.2, 0) is 4.79 Å². The van der Waals surface area contributed by atoms with E-state index in [1.807, 2.05) is 31.2 Å². The summed E-state index contributed by atoms with van der Waals surface area (Å²) in [6.07, 6.45) is 4.62. The second kappa shape index (κ2) is 6.55. The zero-order valence-corrected chi connectivity index (χ0v) is 11.2. The summed E-state index contributed by atoms with van der Waals surface area (Å²) in [5, 5.41) is 2.97. The molecule has 1 aliphatic heterocycles. The summed E-state index contributed by atoms with van der Waals surface area (Å²) in [6, 6.07) is 7.96. The van der Waals surface area contributed by atoms with Crippen LogP contribution in [0.1, 0.15) is 31.2 Å². The smallest absolute Gasteiger partial charge is 0.230 e. The van der Waals surface area contributed by atoms with E-state index in [2.05, 4.69) is 5.32 Å². The summed E-state index contributed by atoms with van der Waals surface area (Å²) in [4.78, 5) is 13.4. The molecule has 0 bridgehead atoms. The number of benzene rings is 1. The maximum absolute atomic E-state index is 11.8. The molecule has 98 valence electrons. The van der Waals surface area contributed by atoms with Crippen LogP contribution in [0.25, 0.3) is 0 Å². The van der Waals surface area contributed by atoms with Gasteiger partial charge in [0, 0.05) is 5.69 Å². The molecule has 2 rings (SSSR count). The van der Waals surface area contributed by atoms with E-state index in [1.54, 1.807) is 4.90 Å². The van der Waals surface area contributed by atoms with Crippen LogP contribution < -0.4 is 10.2 Å². The fourth-order valence-corrected chi connectivity index (χ4v) is 2.54. The number of rotatable bonds is 4. The molecule has 2 N–H and O–H groups in total. The van der Waals surface area contributed by atoms with Gasteiger partial charge in [0.15, 0.2) is 0 Å². The van der Waals surface area contributed by atoms with Crippen molar-refractivity contribution in [2.24, 2.45) is 0 Å². The van der Waals surface area contributed by atoms with Gasteiger partial charge in [-0.1, -0.05) is 12.1 Å². The van der Waals surface area contributed by atoms with Crippen molar-refractivity contribution in [3.05, 3.63) is 29.8 Å². The molecular formula is C15H23N2O+. The number of piperidine rings is 1. The summed E-state index contributed by atoms with van der Waals surface area (Å²) in [5.74, 6) is 0.138. The minimum Gasteiger partial charge on any atom is -0.335 e. The van der Waals surface area contributed by atoms with Crippen LogP contribution in [0.15, 0.2) is 24.3 Å². The predicted octanol–water partition coefficient (Wildman–Crippen LogP) is 1.39. The van der Waals surface area contributed by atoms with Crippen molar-refractivity contribution < 1.29 is 9.69 Å². The number of hydrogen-bond donors (Lipinski definition) is 2. The van der Waals surface area contributed by atoms with Gasteiger partial charge in [0.25, 0.3) is 0 Å².